The van der Waals surface area contributed by atoms with Gasteiger partial charge in [0.15, 0.2) is 0 Å². The van der Waals surface area contributed by atoms with Gasteiger partial charge in [-0.1, -0.05) is 26.0 Å². The molecule has 1 N–H and O–H groups in total. The third-order valence-electron chi connectivity index (χ3n) is 3.29. The van der Waals surface area contributed by atoms with Crippen LogP contribution in [0.2, 0.25) is 0 Å². The van der Waals surface area contributed by atoms with Gasteiger partial charge < -0.3 is 10.2 Å². The first-order valence-electron chi connectivity index (χ1n) is 6.80. The van der Waals surface area contributed by atoms with Crippen LogP contribution >= 0.6 is 0 Å². The number of para-hydroxylation sites is 1. The van der Waals surface area contributed by atoms with Crippen molar-refractivity contribution in [1.82, 2.24) is 4.90 Å². The molecule has 0 amide bonds. The quantitative estimate of drug-likeness (QED) is 0.446. The molecule has 0 bridgehead atoms. The molecule has 19 heavy (non-hydrogen) atoms. The molecule has 5 nitrogen and oxygen atoms in total. The Morgan fingerprint density at radius 3 is 2.58 bits per heavy atom. The number of aryl methyl sites for hydroxylation is 1. The minimum Gasteiger partial charge on any atom is -0.379 e. The van der Waals surface area contributed by atoms with E-state index in [0.29, 0.717) is 5.69 Å². The van der Waals surface area contributed by atoms with E-state index in [0.717, 1.165) is 38.2 Å². The molecule has 1 rings (SSSR count). The highest BCUT2D eigenvalue weighted by molar-refractivity contribution is 5.65. The molecule has 1 aromatic rings. The van der Waals surface area contributed by atoms with E-state index in [9.17, 15) is 10.1 Å². The van der Waals surface area contributed by atoms with Crippen molar-refractivity contribution in [1.29, 1.82) is 0 Å². The van der Waals surface area contributed by atoms with Gasteiger partial charge in [0.05, 0.1) is 4.92 Å². The predicted octanol–water partition coefficient (Wildman–Crippen LogP) is 3.05. The van der Waals surface area contributed by atoms with Crippen LogP contribution in [0.25, 0.3) is 0 Å². The van der Waals surface area contributed by atoms with Gasteiger partial charge in [0.1, 0.15) is 5.69 Å². The fourth-order valence-corrected chi connectivity index (χ4v) is 2.09. The summed E-state index contributed by atoms with van der Waals surface area (Å²) in [6, 6.07) is 5.15. The van der Waals surface area contributed by atoms with Crippen LogP contribution in [0.3, 0.4) is 0 Å². The second kappa shape index (κ2) is 7.74. The van der Waals surface area contributed by atoms with Gasteiger partial charge in [0.2, 0.25) is 0 Å². The Labute approximate surface area is 114 Å². The molecule has 0 saturated carbocycles. The summed E-state index contributed by atoms with van der Waals surface area (Å²) in [7, 11) is 0. The molecule has 0 atom stereocenters. The maximum Gasteiger partial charge on any atom is 0.292 e. The summed E-state index contributed by atoms with van der Waals surface area (Å²) in [6.07, 6.45) is 0.979. The van der Waals surface area contributed by atoms with Crippen molar-refractivity contribution >= 4 is 11.4 Å². The Bertz CT molecular complexity index is 417. The number of hydrogen-bond donors (Lipinski definition) is 1. The Hall–Kier alpha value is -1.62. The van der Waals surface area contributed by atoms with Gasteiger partial charge in [-0.25, -0.2) is 0 Å². The van der Waals surface area contributed by atoms with Gasteiger partial charge in [-0.15, -0.1) is 0 Å². The Morgan fingerprint density at radius 1 is 1.32 bits per heavy atom. The Morgan fingerprint density at radius 2 is 2.00 bits per heavy atom. The number of nitro benzene ring substituents is 1. The van der Waals surface area contributed by atoms with E-state index in [4.69, 9.17) is 0 Å². The summed E-state index contributed by atoms with van der Waals surface area (Å²) < 4.78 is 0. The van der Waals surface area contributed by atoms with Crippen LogP contribution in [0.5, 0.6) is 0 Å². The molecular formula is C14H23N3O2. The highest BCUT2D eigenvalue weighted by Crippen LogP contribution is 2.27. The maximum atomic E-state index is 11.0. The molecule has 0 spiro atoms. The van der Waals surface area contributed by atoms with Crippen molar-refractivity contribution < 1.29 is 4.92 Å². The molecule has 0 aliphatic carbocycles. The summed E-state index contributed by atoms with van der Waals surface area (Å²) in [5.41, 5.74) is 1.71. The van der Waals surface area contributed by atoms with Crippen LogP contribution in [0, 0.1) is 17.0 Å². The fourth-order valence-electron chi connectivity index (χ4n) is 2.09. The van der Waals surface area contributed by atoms with Crippen LogP contribution in [0.1, 0.15) is 25.8 Å². The lowest BCUT2D eigenvalue weighted by molar-refractivity contribution is -0.384. The van der Waals surface area contributed by atoms with Gasteiger partial charge in [0, 0.05) is 12.6 Å². The number of anilines is 1. The van der Waals surface area contributed by atoms with E-state index in [1.54, 1.807) is 12.1 Å². The highest BCUT2D eigenvalue weighted by atomic mass is 16.6. The van der Waals surface area contributed by atoms with E-state index < -0.39 is 0 Å². The average Bonchev–Trinajstić information content (AvgIpc) is 2.40. The summed E-state index contributed by atoms with van der Waals surface area (Å²) in [6.45, 7) is 10.0. The summed E-state index contributed by atoms with van der Waals surface area (Å²) in [5, 5.41) is 14.2. The summed E-state index contributed by atoms with van der Waals surface area (Å²) >= 11 is 0. The highest BCUT2D eigenvalue weighted by Gasteiger charge is 2.14. The molecule has 0 radical (unpaired) electrons. The molecule has 0 saturated heterocycles. The first kappa shape index (κ1) is 15.4. The Kier molecular flexibility index (Phi) is 6.29. The number of nitro groups is 1. The second-order valence-corrected chi connectivity index (χ2v) is 4.53. The first-order valence-corrected chi connectivity index (χ1v) is 6.80. The normalized spacial score (nSPS) is 10.7. The van der Waals surface area contributed by atoms with Gasteiger partial charge >= 0.3 is 0 Å². The van der Waals surface area contributed by atoms with Crippen molar-refractivity contribution in [2.75, 3.05) is 31.5 Å². The van der Waals surface area contributed by atoms with Crippen LogP contribution in [0.4, 0.5) is 11.4 Å². The molecule has 0 aliphatic rings. The molecule has 106 valence electrons. The van der Waals surface area contributed by atoms with Crippen LogP contribution in [-0.4, -0.2) is 36.0 Å². The van der Waals surface area contributed by atoms with E-state index in [1.807, 2.05) is 13.0 Å². The van der Waals surface area contributed by atoms with E-state index >= 15 is 0 Å². The lowest BCUT2D eigenvalue weighted by Crippen LogP contribution is -2.25. The third kappa shape index (κ3) is 4.52. The standard InChI is InChI=1S/C14H23N3O2/c1-4-16(5-2)11-7-10-15-14-12(3)8-6-9-13(14)17(18)19/h6,8-9,15H,4-5,7,10-11H2,1-3H3. The predicted molar refractivity (Wildman–Crippen MR) is 78.7 cm³/mol. The van der Waals surface area contributed by atoms with Crippen molar-refractivity contribution in [3.8, 4) is 0 Å². The van der Waals surface area contributed by atoms with E-state index in [1.165, 1.54) is 0 Å². The molecule has 0 aromatic heterocycles. The number of benzene rings is 1. The number of nitrogens with zero attached hydrogens (tertiary/aromatic N) is 2. The van der Waals surface area contributed by atoms with Crippen LogP contribution in [-0.2, 0) is 0 Å². The minimum absolute atomic E-state index is 0.155. The zero-order valence-electron chi connectivity index (χ0n) is 12.0. The average molecular weight is 265 g/mol. The monoisotopic (exact) mass is 265 g/mol. The van der Waals surface area contributed by atoms with Gasteiger partial charge in [0.25, 0.3) is 5.69 Å². The molecule has 0 fully saturated rings. The van der Waals surface area contributed by atoms with Crippen LogP contribution < -0.4 is 5.32 Å². The number of rotatable bonds is 8. The van der Waals surface area contributed by atoms with Crippen molar-refractivity contribution in [3.63, 3.8) is 0 Å². The zero-order valence-corrected chi connectivity index (χ0v) is 12.0. The first-order chi connectivity index (χ1) is 9.10. The lowest BCUT2D eigenvalue weighted by Gasteiger charge is -2.18. The summed E-state index contributed by atoms with van der Waals surface area (Å²) in [4.78, 5) is 13.0. The molecule has 0 aliphatic heterocycles. The second-order valence-electron chi connectivity index (χ2n) is 4.53. The van der Waals surface area contributed by atoms with Crippen molar-refractivity contribution in [3.05, 3.63) is 33.9 Å². The largest absolute Gasteiger partial charge is 0.379 e. The van der Waals surface area contributed by atoms with Crippen molar-refractivity contribution in [2.45, 2.75) is 27.2 Å². The maximum absolute atomic E-state index is 11.0. The molecule has 0 heterocycles. The van der Waals surface area contributed by atoms with E-state index in [-0.39, 0.29) is 10.6 Å². The van der Waals surface area contributed by atoms with Gasteiger partial charge in [-0.05, 0) is 38.5 Å². The topological polar surface area (TPSA) is 58.4 Å². The third-order valence-corrected chi connectivity index (χ3v) is 3.29. The Balaban J connectivity index is 2.56. The lowest BCUT2D eigenvalue weighted by atomic mass is 10.1. The van der Waals surface area contributed by atoms with E-state index in [2.05, 4.69) is 24.1 Å². The summed E-state index contributed by atoms with van der Waals surface area (Å²) in [5.74, 6) is 0. The zero-order chi connectivity index (χ0) is 14.3. The molecule has 5 heteroatoms. The SMILES string of the molecule is CCN(CC)CCCNc1c(C)cccc1[N+](=O)[O-]. The van der Waals surface area contributed by atoms with Crippen molar-refractivity contribution in [2.24, 2.45) is 0 Å². The molecule has 1 aromatic carbocycles. The molecule has 0 unspecified atom stereocenters. The minimum atomic E-state index is -0.334. The molecular weight excluding hydrogens is 242 g/mol. The number of nitrogens with one attached hydrogen (secondary N) is 1. The smallest absolute Gasteiger partial charge is 0.292 e. The number of hydrogen-bond acceptors (Lipinski definition) is 4. The van der Waals surface area contributed by atoms with Gasteiger partial charge in [-0.3, -0.25) is 10.1 Å². The van der Waals surface area contributed by atoms with Crippen LogP contribution in [0.15, 0.2) is 18.2 Å². The van der Waals surface area contributed by atoms with Gasteiger partial charge in [-0.2, -0.15) is 0 Å². The fraction of sp³-hybridized carbons (Fsp3) is 0.571.